The fourth-order valence-electron chi connectivity index (χ4n) is 3.91. The fraction of sp³-hybridized carbons (Fsp3) is 0.333. The maximum atomic E-state index is 13.4. The number of carbonyl (C=O) groups excluding carboxylic acids is 2. The number of aromatic nitrogens is 2. The summed E-state index contributed by atoms with van der Waals surface area (Å²) in [6.07, 6.45) is 1.39. The minimum Gasteiger partial charge on any atom is -0.342 e. The van der Waals surface area contributed by atoms with Gasteiger partial charge < -0.3 is 14.3 Å². The average molecular weight is 436 g/mol. The van der Waals surface area contributed by atoms with Crippen molar-refractivity contribution in [3.8, 4) is 11.5 Å². The molecule has 4 rings (SSSR count). The van der Waals surface area contributed by atoms with Crippen LogP contribution in [0.25, 0.3) is 11.5 Å². The Labute approximate surface area is 185 Å². The summed E-state index contributed by atoms with van der Waals surface area (Å²) in [7, 11) is 1.70. The van der Waals surface area contributed by atoms with Gasteiger partial charge in [0.2, 0.25) is 11.8 Å². The SMILES string of the molecule is CN(Cc1noc(-c2ccccc2)n1)C(=O)C1CCC(=O)N(CCc2cccc(F)c2)C1. The van der Waals surface area contributed by atoms with Crippen molar-refractivity contribution in [2.24, 2.45) is 5.92 Å². The standard InChI is InChI=1S/C24H25FN4O3/c1-28(16-21-26-23(32-27-21)18-7-3-2-4-8-18)24(31)19-10-11-22(30)29(15-19)13-12-17-6-5-9-20(25)14-17/h2-9,14,19H,10-13,15-16H2,1H3. The van der Waals surface area contributed by atoms with Crippen LogP contribution < -0.4 is 0 Å². The third-order valence-corrected chi connectivity index (χ3v) is 5.65. The normalized spacial score (nSPS) is 16.2. The summed E-state index contributed by atoms with van der Waals surface area (Å²) >= 11 is 0. The van der Waals surface area contributed by atoms with Crippen LogP contribution in [-0.4, -0.2) is 51.9 Å². The van der Waals surface area contributed by atoms with Gasteiger partial charge in [0, 0.05) is 32.1 Å². The molecule has 0 radical (unpaired) electrons. The molecule has 0 aliphatic carbocycles. The van der Waals surface area contributed by atoms with Crippen LogP contribution in [0, 0.1) is 11.7 Å². The number of likely N-dealkylation sites (tertiary alicyclic amines) is 1. The van der Waals surface area contributed by atoms with Crippen molar-refractivity contribution < 1.29 is 18.5 Å². The maximum absolute atomic E-state index is 13.4. The number of carbonyl (C=O) groups is 2. The number of halogens is 1. The van der Waals surface area contributed by atoms with E-state index < -0.39 is 0 Å². The van der Waals surface area contributed by atoms with E-state index in [9.17, 15) is 14.0 Å². The molecule has 1 aromatic heterocycles. The van der Waals surface area contributed by atoms with E-state index in [0.29, 0.717) is 44.1 Å². The Morgan fingerprint density at radius 2 is 2.03 bits per heavy atom. The van der Waals surface area contributed by atoms with Gasteiger partial charge in [-0.3, -0.25) is 9.59 Å². The highest BCUT2D eigenvalue weighted by atomic mass is 19.1. The molecule has 1 saturated heterocycles. The van der Waals surface area contributed by atoms with Gasteiger partial charge in [-0.15, -0.1) is 0 Å². The maximum Gasteiger partial charge on any atom is 0.257 e. The zero-order chi connectivity index (χ0) is 22.5. The third-order valence-electron chi connectivity index (χ3n) is 5.65. The highest BCUT2D eigenvalue weighted by Gasteiger charge is 2.32. The molecule has 1 aliphatic heterocycles. The molecule has 2 heterocycles. The Bertz CT molecular complexity index is 1090. The number of hydrogen-bond acceptors (Lipinski definition) is 5. The van der Waals surface area contributed by atoms with Crippen LogP contribution in [0.3, 0.4) is 0 Å². The van der Waals surface area contributed by atoms with E-state index >= 15 is 0 Å². The van der Waals surface area contributed by atoms with Crippen LogP contribution in [0.15, 0.2) is 59.1 Å². The second-order valence-electron chi connectivity index (χ2n) is 8.03. The minimum atomic E-state index is -0.293. The van der Waals surface area contributed by atoms with Gasteiger partial charge in [0.1, 0.15) is 5.82 Å². The van der Waals surface area contributed by atoms with Gasteiger partial charge in [0.05, 0.1) is 12.5 Å². The number of amides is 2. The molecule has 8 heteroatoms. The van der Waals surface area contributed by atoms with Crippen molar-refractivity contribution in [2.45, 2.75) is 25.8 Å². The van der Waals surface area contributed by atoms with Crippen molar-refractivity contribution >= 4 is 11.8 Å². The summed E-state index contributed by atoms with van der Waals surface area (Å²) < 4.78 is 18.7. The van der Waals surface area contributed by atoms with Crippen molar-refractivity contribution in [1.82, 2.24) is 19.9 Å². The zero-order valence-electron chi connectivity index (χ0n) is 17.9. The van der Waals surface area contributed by atoms with Crippen molar-refractivity contribution in [1.29, 1.82) is 0 Å². The van der Waals surface area contributed by atoms with E-state index in [1.165, 1.54) is 12.1 Å². The lowest BCUT2D eigenvalue weighted by Crippen LogP contribution is -2.46. The molecule has 1 fully saturated rings. The van der Waals surface area contributed by atoms with Gasteiger partial charge in [-0.1, -0.05) is 35.5 Å². The number of piperidine rings is 1. The topological polar surface area (TPSA) is 79.5 Å². The van der Waals surface area contributed by atoms with Crippen LogP contribution in [0.4, 0.5) is 4.39 Å². The number of benzene rings is 2. The first-order valence-corrected chi connectivity index (χ1v) is 10.6. The zero-order valence-corrected chi connectivity index (χ0v) is 17.9. The van der Waals surface area contributed by atoms with Crippen molar-refractivity contribution in [2.75, 3.05) is 20.1 Å². The summed E-state index contributed by atoms with van der Waals surface area (Å²) in [5.41, 5.74) is 1.65. The predicted octanol–water partition coefficient (Wildman–Crippen LogP) is 3.32. The molecule has 2 aromatic carbocycles. The Hall–Kier alpha value is -3.55. The average Bonchev–Trinajstić information content (AvgIpc) is 3.27. The van der Waals surface area contributed by atoms with Crippen LogP contribution in [0.5, 0.6) is 0 Å². The summed E-state index contributed by atoms with van der Waals surface area (Å²) in [6, 6.07) is 15.8. The first-order chi connectivity index (χ1) is 15.5. The van der Waals surface area contributed by atoms with E-state index in [0.717, 1.165) is 11.1 Å². The monoisotopic (exact) mass is 436 g/mol. The van der Waals surface area contributed by atoms with Crippen LogP contribution in [0.1, 0.15) is 24.2 Å². The molecule has 166 valence electrons. The molecule has 0 spiro atoms. The molecule has 1 atom stereocenters. The highest BCUT2D eigenvalue weighted by molar-refractivity contribution is 5.83. The summed E-state index contributed by atoms with van der Waals surface area (Å²) in [5, 5.41) is 3.98. The second-order valence-corrected chi connectivity index (χ2v) is 8.03. The minimum absolute atomic E-state index is 0.0266. The number of nitrogens with zero attached hydrogens (tertiary/aromatic N) is 4. The van der Waals surface area contributed by atoms with E-state index in [2.05, 4.69) is 10.1 Å². The molecule has 0 bridgehead atoms. The molecule has 0 N–H and O–H groups in total. The van der Waals surface area contributed by atoms with Crippen LogP contribution in [0.2, 0.25) is 0 Å². The smallest absolute Gasteiger partial charge is 0.257 e. The Balaban J connectivity index is 1.34. The van der Waals surface area contributed by atoms with Gasteiger partial charge in [-0.05, 0) is 42.7 Å². The molecule has 1 unspecified atom stereocenters. The molecule has 2 amide bonds. The van der Waals surface area contributed by atoms with E-state index in [4.69, 9.17) is 4.52 Å². The molecule has 1 aliphatic rings. The molecule has 3 aromatic rings. The summed E-state index contributed by atoms with van der Waals surface area (Å²) in [6.45, 7) is 1.04. The second kappa shape index (κ2) is 9.72. The lowest BCUT2D eigenvalue weighted by molar-refractivity contribution is -0.142. The summed E-state index contributed by atoms with van der Waals surface area (Å²) in [4.78, 5) is 33.0. The predicted molar refractivity (Wildman–Crippen MR) is 116 cm³/mol. The van der Waals surface area contributed by atoms with Gasteiger partial charge >= 0.3 is 0 Å². The van der Waals surface area contributed by atoms with Crippen LogP contribution >= 0.6 is 0 Å². The Morgan fingerprint density at radius 3 is 2.81 bits per heavy atom. The Kier molecular flexibility index (Phi) is 6.58. The van der Waals surface area contributed by atoms with Gasteiger partial charge in [-0.25, -0.2) is 4.39 Å². The molecule has 32 heavy (non-hydrogen) atoms. The van der Waals surface area contributed by atoms with E-state index in [1.54, 1.807) is 22.9 Å². The van der Waals surface area contributed by atoms with Gasteiger partial charge in [0.15, 0.2) is 5.82 Å². The van der Waals surface area contributed by atoms with Gasteiger partial charge in [0.25, 0.3) is 5.89 Å². The lowest BCUT2D eigenvalue weighted by atomic mass is 9.95. The van der Waals surface area contributed by atoms with Crippen LogP contribution in [-0.2, 0) is 22.6 Å². The largest absolute Gasteiger partial charge is 0.342 e. The number of hydrogen-bond donors (Lipinski definition) is 0. The van der Waals surface area contributed by atoms with Gasteiger partial charge in [-0.2, -0.15) is 4.98 Å². The molecular formula is C24H25FN4O3. The van der Waals surface area contributed by atoms with Crippen molar-refractivity contribution in [3.05, 3.63) is 71.8 Å². The Morgan fingerprint density at radius 1 is 1.22 bits per heavy atom. The first-order valence-electron chi connectivity index (χ1n) is 10.6. The lowest BCUT2D eigenvalue weighted by Gasteiger charge is -2.33. The third kappa shape index (κ3) is 5.19. The highest BCUT2D eigenvalue weighted by Crippen LogP contribution is 2.21. The van der Waals surface area contributed by atoms with Crippen molar-refractivity contribution in [3.63, 3.8) is 0 Å². The fourth-order valence-corrected chi connectivity index (χ4v) is 3.91. The molecule has 0 saturated carbocycles. The van der Waals surface area contributed by atoms with E-state index in [1.807, 2.05) is 36.4 Å². The molecular weight excluding hydrogens is 411 g/mol. The van der Waals surface area contributed by atoms with E-state index in [-0.39, 0.29) is 30.1 Å². The first kappa shape index (κ1) is 21.7. The molecule has 7 nitrogen and oxygen atoms in total. The quantitative estimate of drug-likeness (QED) is 0.568. The number of rotatable bonds is 7. The summed E-state index contributed by atoms with van der Waals surface area (Å²) in [5.74, 6) is 0.227.